The molecule has 5 aliphatic carbocycles. The molecule has 4 unspecified atom stereocenters. The second-order valence-corrected chi connectivity index (χ2v) is 13.7. The van der Waals surface area contributed by atoms with Crippen molar-refractivity contribution in [2.75, 3.05) is 0 Å². The molecule has 2 aromatic carbocycles. The fourth-order valence-electron chi connectivity index (χ4n) is 8.30. The van der Waals surface area contributed by atoms with Crippen LogP contribution >= 0.6 is 0 Å². The van der Waals surface area contributed by atoms with Crippen LogP contribution in [0.25, 0.3) is 21.9 Å². The van der Waals surface area contributed by atoms with E-state index in [-0.39, 0.29) is 18.3 Å². The number of rotatable bonds is 3. The van der Waals surface area contributed by atoms with Gasteiger partial charge in [-0.3, -0.25) is 0 Å². The Morgan fingerprint density at radius 3 is 2.29 bits per heavy atom. The summed E-state index contributed by atoms with van der Waals surface area (Å²) in [5, 5.41) is 2.66. The van der Waals surface area contributed by atoms with Gasteiger partial charge in [-0.05, 0) is 121 Å². The monoisotopic (exact) mass is 538 g/mol. The quantitative estimate of drug-likeness (QED) is 0.365. The van der Waals surface area contributed by atoms with E-state index in [1.165, 1.54) is 33.9 Å². The molecule has 1 saturated heterocycles. The van der Waals surface area contributed by atoms with Crippen molar-refractivity contribution >= 4 is 34.5 Å². The summed E-state index contributed by atoms with van der Waals surface area (Å²) in [5.41, 5.74) is 9.48. The SMILES string of the molecule is CC1(C)OB(c2ccc3c4c(cccc24)C2=C3C(C3C=CC=CC3)=C3C=CCCC3C2C2C=CC=CC2)OC1(C)C. The van der Waals surface area contributed by atoms with Crippen LogP contribution in [0, 0.1) is 23.7 Å². The fourth-order valence-corrected chi connectivity index (χ4v) is 8.30. The third-order valence-electron chi connectivity index (χ3n) is 10.9. The average molecular weight is 539 g/mol. The molecule has 0 aromatic heterocycles. The average Bonchev–Trinajstić information content (AvgIpc) is 3.43. The standard InChI is InChI=1S/C38H39BO2/c1-37(2)38(3,4)41-39(40-37)31-23-22-30-34-28(31)20-13-21-29(34)35-32(24-14-7-5-8-15-24)26-18-11-12-19-27(26)33(36(30)35)25-16-9-6-10-17-25/h5-10,12-14,16,19-26,32H,11,15,17-18H2,1-4H3. The van der Waals surface area contributed by atoms with Crippen molar-refractivity contribution < 1.29 is 9.31 Å². The molecule has 1 heterocycles. The molecule has 0 saturated carbocycles. The van der Waals surface area contributed by atoms with Gasteiger partial charge in [-0.15, -0.1) is 0 Å². The van der Waals surface area contributed by atoms with Crippen molar-refractivity contribution in [1.29, 1.82) is 0 Å². The van der Waals surface area contributed by atoms with E-state index in [0.29, 0.717) is 23.7 Å². The van der Waals surface area contributed by atoms with Gasteiger partial charge in [-0.25, -0.2) is 0 Å². The van der Waals surface area contributed by atoms with Crippen LogP contribution in [0.15, 0.2) is 102 Å². The van der Waals surface area contributed by atoms with E-state index < -0.39 is 0 Å². The Kier molecular flexibility index (Phi) is 5.73. The number of allylic oxidation sites excluding steroid dienone is 14. The van der Waals surface area contributed by atoms with Gasteiger partial charge in [0.1, 0.15) is 0 Å². The highest BCUT2D eigenvalue weighted by molar-refractivity contribution is 6.65. The highest BCUT2D eigenvalue weighted by atomic mass is 16.7. The number of fused-ring (bicyclic) bond motifs is 3. The summed E-state index contributed by atoms with van der Waals surface area (Å²) < 4.78 is 13.2. The molecular weight excluding hydrogens is 499 g/mol. The summed E-state index contributed by atoms with van der Waals surface area (Å²) in [6, 6.07) is 11.6. The topological polar surface area (TPSA) is 18.5 Å². The second-order valence-electron chi connectivity index (χ2n) is 13.7. The zero-order valence-electron chi connectivity index (χ0n) is 24.7. The van der Waals surface area contributed by atoms with E-state index >= 15 is 0 Å². The summed E-state index contributed by atoms with van der Waals surface area (Å²) in [6.07, 6.45) is 28.1. The van der Waals surface area contributed by atoms with Gasteiger partial charge in [0.05, 0.1) is 11.2 Å². The lowest BCUT2D eigenvalue weighted by Crippen LogP contribution is -2.41. The van der Waals surface area contributed by atoms with Crippen LogP contribution in [-0.2, 0) is 9.31 Å². The molecule has 0 radical (unpaired) electrons. The van der Waals surface area contributed by atoms with Gasteiger partial charge in [0.25, 0.3) is 0 Å². The van der Waals surface area contributed by atoms with E-state index in [2.05, 4.69) is 119 Å². The number of benzene rings is 2. The van der Waals surface area contributed by atoms with Crippen molar-refractivity contribution in [3.63, 3.8) is 0 Å². The molecule has 0 N–H and O–H groups in total. The molecule has 4 atom stereocenters. The maximum Gasteiger partial charge on any atom is 0.495 e. The Morgan fingerprint density at radius 2 is 1.56 bits per heavy atom. The van der Waals surface area contributed by atoms with Crippen molar-refractivity contribution in [2.24, 2.45) is 23.7 Å². The molecule has 0 amide bonds. The summed E-state index contributed by atoms with van der Waals surface area (Å²) >= 11 is 0. The van der Waals surface area contributed by atoms with Crippen LogP contribution in [0.1, 0.15) is 64.5 Å². The molecule has 206 valence electrons. The predicted molar refractivity (Wildman–Crippen MR) is 172 cm³/mol. The van der Waals surface area contributed by atoms with E-state index in [1.54, 1.807) is 16.7 Å². The molecule has 8 rings (SSSR count). The van der Waals surface area contributed by atoms with E-state index in [9.17, 15) is 0 Å². The Labute approximate surface area is 245 Å². The second kappa shape index (κ2) is 9.18. The lowest BCUT2D eigenvalue weighted by Gasteiger charge is -2.43. The van der Waals surface area contributed by atoms with Crippen molar-refractivity contribution in [2.45, 2.75) is 64.6 Å². The molecule has 1 aliphatic heterocycles. The van der Waals surface area contributed by atoms with Gasteiger partial charge < -0.3 is 9.31 Å². The zero-order chi connectivity index (χ0) is 27.9. The summed E-state index contributed by atoms with van der Waals surface area (Å²) in [5.74, 6) is 1.92. The third-order valence-corrected chi connectivity index (χ3v) is 10.9. The first-order valence-electron chi connectivity index (χ1n) is 15.6. The number of hydrogen-bond donors (Lipinski definition) is 0. The molecule has 3 heteroatoms. The Bertz CT molecular complexity index is 1660. The predicted octanol–water partition coefficient (Wildman–Crippen LogP) is 8.52. The molecule has 2 aromatic rings. The smallest absolute Gasteiger partial charge is 0.399 e. The molecule has 1 fully saturated rings. The van der Waals surface area contributed by atoms with Gasteiger partial charge in [-0.1, -0.05) is 91.1 Å². The van der Waals surface area contributed by atoms with Crippen LogP contribution in [0.5, 0.6) is 0 Å². The molecule has 0 spiro atoms. The lowest BCUT2D eigenvalue weighted by molar-refractivity contribution is 0.00578. The van der Waals surface area contributed by atoms with Crippen molar-refractivity contribution in [1.82, 2.24) is 0 Å². The van der Waals surface area contributed by atoms with Crippen LogP contribution in [0.4, 0.5) is 0 Å². The van der Waals surface area contributed by atoms with E-state index in [1.807, 2.05) is 0 Å². The minimum atomic E-state index is -0.376. The molecule has 6 aliphatic rings. The maximum atomic E-state index is 6.60. The summed E-state index contributed by atoms with van der Waals surface area (Å²) in [7, 11) is -0.376. The Hall–Kier alpha value is -3.14. The fraction of sp³-hybridized carbons (Fsp3) is 0.368. The molecular formula is C38H39BO2. The first kappa shape index (κ1) is 25.6. The summed E-state index contributed by atoms with van der Waals surface area (Å²) in [6.45, 7) is 8.57. The van der Waals surface area contributed by atoms with Gasteiger partial charge in [0.15, 0.2) is 0 Å². The highest BCUT2D eigenvalue weighted by Crippen LogP contribution is 2.60. The van der Waals surface area contributed by atoms with Crippen molar-refractivity contribution in [3.05, 3.63) is 113 Å². The van der Waals surface area contributed by atoms with Crippen LogP contribution in [-0.4, -0.2) is 18.3 Å². The van der Waals surface area contributed by atoms with Gasteiger partial charge in [0, 0.05) is 5.92 Å². The Balaban J connectivity index is 1.37. The molecule has 2 nitrogen and oxygen atoms in total. The van der Waals surface area contributed by atoms with Gasteiger partial charge in [0.2, 0.25) is 0 Å². The first-order valence-corrected chi connectivity index (χ1v) is 15.6. The first-order chi connectivity index (χ1) is 19.9. The normalized spacial score (nSPS) is 30.5. The van der Waals surface area contributed by atoms with E-state index in [0.717, 1.165) is 24.7 Å². The van der Waals surface area contributed by atoms with Gasteiger partial charge >= 0.3 is 7.12 Å². The highest BCUT2D eigenvalue weighted by Gasteiger charge is 2.53. The van der Waals surface area contributed by atoms with Crippen LogP contribution in [0.3, 0.4) is 0 Å². The lowest BCUT2D eigenvalue weighted by atomic mass is 9.60. The van der Waals surface area contributed by atoms with Crippen LogP contribution in [0.2, 0.25) is 0 Å². The summed E-state index contributed by atoms with van der Waals surface area (Å²) in [4.78, 5) is 0. The number of hydrogen-bond acceptors (Lipinski definition) is 2. The largest absolute Gasteiger partial charge is 0.495 e. The van der Waals surface area contributed by atoms with Crippen molar-refractivity contribution in [3.8, 4) is 0 Å². The molecule has 41 heavy (non-hydrogen) atoms. The maximum absolute atomic E-state index is 6.60. The molecule has 0 bridgehead atoms. The minimum absolute atomic E-state index is 0.371. The minimum Gasteiger partial charge on any atom is -0.399 e. The van der Waals surface area contributed by atoms with Gasteiger partial charge in [-0.2, -0.15) is 0 Å². The Morgan fingerprint density at radius 1 is 0.780 bits per heavy atom. The zero-order valence-corrected chi connectivity index (χ0v) is 24.7. The third kappa shape index (κ3) is 3.71. The van der Waals surface area contributed by atoms with Crippen LogP contribution < -0.4 is 5.46 Å². The van der Waals surface area contributed by atoms with E-state index in [4.69, 9.17) is 9.31 Å².